The Balaban J connectivity index is 1.89. The van der Waals surface area contributed by atoms with Gasteiger partial charge in [0.2, 0.25) is 5.88 Å². The molecule has 0 unspecified atom stereocenters. The predicted molar refractivity (Wildman–Crippen MR) is 106 cm³/mol. The molecule has 0 bridgehead atoms. The number of pyridine rings is 3. The lowest BCUT2D eigenvalue weighted by molar-refractivity contribution is 0.398. The van der Waals surface area contributed by atoms with Gasteiger partial charge in [0.15, 0.2) is 0 Å². The topological polar surface area (TPSA) is 103 Å². The van der Waals surface area contributed by atoms with Crippen LogP contribution < -0.4 is 10.5 Å². The summed E-state index contributed by atoms with van der Waals surface area (Å²) >= 11 is 0. The quantitative estimate of drug-likeness (QED) is 0.592. The lowest BCUT2D eigenvalue weighted by Crippen LogP contribution is -2.03. The van der Waals surface area contributed by atoms with Gasteiger partial charge in [-0.1, -0.05) is 0 Å². The second-order valence-electron chi connectivity index (χ2n) is 5.99. The Kier molecular flexibility index (Phi) is 4.44. The molecule has 0 amide bonds. The number of methoxy groups -OCH3 is 1. The average Bonchev–Trinajstić information content (AvgIpc) is 3.23. The van der Waals surface area contributed by atoms with Crippen LogP contribution in [-0.2, 0) is 0 Å². The second kappa shape index (κ2) is 7.21. The molecule has 7 heteroatoms. The van der Waals surface area contributed by atoms with E-state index in [9.17, 15) is 5.26 Å². The number of hydrogen-bond acceptors (Lipinski definition) is 6. The Bertz CT molecular complexity index is 1160. The molecule has 0 spiro atoms. The van der Waals surface area contributed by atoms with E-state index < -0.39 is 0 Å². The van der Waals surface area contributed by atoms with Gasteiger partial charge in [0.25, 0.3) is 0 Å². The highest BCUT2D eigenvalue weighted by molar-refractivity contribution is 5.79. The molecular weight excluding hydrogens is 352 g/mol. The number of nitriles is 1. The standard InChI is InChI=1S/C21H16N6O/c1-28-20-5-4-14(13-25-20)18-11-16(17(12-22)21(23)26-18)19-3-2-10-27(19)15-6-8-24-9-7-15/h2-11,13H,1H3,(H2,23,26). The lowest BCUT2D eigenvalue weighted by Gasteiger charge is -2.13. The maximum Gasteiger partial charge on any atom is 0.212 e. The number of anilines is 1. The van der Waals surface area contributed by atoms with Crippen LogP contribution in [0.4, 0.5) is 5.82 Å². The summed E-state index contributed by atoms with van der Waals surface area (Å²) in [6, 6.07) is 15.3. The highest BCUT2D eigenvalue weighted by atomic mass is 16.5. The number of ether oxygens (including phenoxy) is 1. The number of rotatable bonds is 4. The van der Waals surface area contributed by atoms with Crippen LogP contribution in [-0.4, -0.2) is 26.6 Å². The third-order valence-electron chi connectivity index (χ3n) is 4.37. The van der Waals surface area contributed by atoms with Gasteiger partial charge in [0, 0.05) is 47.7 Å². The maximum absolute atomic E-state index is 9.67. The predicted octanol–water partition coefficient (Wildman–Crippen LogP) is 3.46. The first-order valence-corrected chi connectivity index (χ1v) is 8.50. The van der Waals surface area contributed by atoms with Crippen molar-refractivity contribution in [3.05, 3.63) is 72.8 Å². The fraction of sp³-hybridized carbons (Fsp3) is 0.0476. The Morgan fingerprint density at radius 3 is 2.64 bits per heavy atom. The summed E-state index contributed by atoms with van der Waals surface area (Å²) in [5.74, 6) is 0.686. The summed E-state index contributed by atoms with van der Waals surface area (Å²) in [5, 5.41) is 9.67. The molecule has 0 aliphatic heterocycles. The molecule has 0 saturated carbocycles. The molecule has 4 heterocycles. The Hall–Kier alpha value is -4.18. The molecule has 136 valence electrons. The van der Waals surface area contributed by atoms with Crippen LogP contribution in [0.2, 0.25) is 0 Å². The van der Waals surface area contributed by atoms with Crippen molar-refractivity contribution in [2.24, 2.45) is 0 Å². The van der Waals surface area contributed by atoms with Crippen LogP contribution >= 0.6 is 0 Å². The molecule has 0 radical (unpaired) electrons. The van der Waals surface area contributed by atoms with Crippen LogP contribution in [0.5, 0.6) is 5.88 Å². The van der Waals surface area contributed by atoms with Crippen molar-refractivity contribution in [1.29, 1.82) is 5.26 Å². The van der Waals surface area contributed by atoms with Gasteiger partial charge in [0.05, 0.1) is 18.5 Å². The van der Waals surface area contributed by atoms with E-state index in [1.165, 1.54) is 0 Å². The SMILES string of the molecule is COc1ccc(-c2cc(-c3cccn3-c3ccncc3)c(C#N)c(N)n2)cn1. The highest BCUT2D eigenvalue weighted by Crippen LogP contribution is 2.32. The molecule has 0 aromatic carbocycles. The summed E-state index contributed by atoms with van der Waals surface area (Å²) in [7, 11) is 1.56. The van der Waals surface area contributed by atoms with Gasteiger partial charge in [0.1, 0.15) is 17.5 Å². The van der Waals surface area contributed by atoms with Gasteiger partial charge in [-0.15, -0.1) is 0 Å². The van der Waals surface area contributed by atoms with E-state index in [1.807, 2.05) is 47.2 Å². The maximum atomic E-state index is 9.67. The number of hydrogen-bond donors (Lipinski definition) is 1. The first-order valence-electron chi connectivity index (χ1n) is 8.50. The van der Waals surface area contributed by atoms with Crippen LogP contribution in [0, 0.1) is 11.3 Å². The summed E-state index contributed by atoms with van der Waals surface area (Å²) in [4.78, 5) is 12.7. The lowest BCUT2D eigenvalue weighted by atomic mass is 10.0. The van der Waals surface area contributed by atoms with Crippen molar-refractivity contribution < 1.29 is 4.74 Å². The largest absolute Gasteiger partial charge is 0.481 e. The molecule has 0 fully saturated rings. The minimum absolute atomic E-state index is 0.174. The smallest absolute Gasteiger partial charge is 0.212 e. The molecule has 4 aromatic heterocycles. The normalized spacial score (nSPS) is 10.4. The van der Waals surface area contributed by atoms with E-state index in [0.717, 1.165) is 16.9 Å². The molecule has 4 rings (SSSR count). The Morgan fingerprint density at radius 1 is 1.14 bits per heavy atom. The van der Waals surface area contributed by atoms with E-state index in [2.05, 4.69) is 21.0 Å². The third-order valence-corrected chi connectivity index (χ3v) is 4.37. The first-order chi connectivity index (χ1) is 13.7. The van der Waals surface area contributed by atoms with E-state index >= 15 is 0 Å². The minimum atomic E-state index is 0.174. The number of nitrogens with two attached hydrogens (primary N) is 1. The first kappa shape index (κ1) is 17.2. The van der Waals surface area contributed by atoms with Crippen molar-refractivity contribution in [1.82, 2.24) is 19.5 Å². The third kappa shape index (κ3) is 3.04. The molecule has 4 aromatic rings. The van der Waals surface area contributed by atoms with Crippen molar-refractivity contribution in [3.63, 3.8) is 0 Å². The van der Waals surface area contributed by atoms with Gasteiger partial charge < -0.3 is 15.0 Å². The molecule has 0 saturated heterocycles. The fourth-order valence-corrected chi connectivity index (χ4v) is 3.01. The van der Waals surface area contributed by atoms with Crippen molar-refractivity contribution in [2.75, 3.05) is 12.8 Å². The van der Waals surface area contributed by atoms with Gasteiger partial charge in [-0.05, 0) is 36.4 Å². The van der Waals surface area contributed by atoms with Gasteiger partial charge in [-0.25, -0.2) is 9.97 Å². The van der Waals surface area contributed by atoms with Crippen molar-refractivity contribution in [3.8, 4) is 40.2 Å². The molecule has 0 aliphatic carbocycles. The zero-order chi connectivity index (χ0) is 19.5. The van der Waals surface area contributed by atoms with Gasteiger partial charge >= 0.3 is 0 Å². The van der Waals surface area contributed by atoms with Crippen molar-refractivity contribution in [2.45, 2.75) is 0 Å². The number of nitrogens with zero attached hydrogens (tertiary/aromatic N) is 5. The van der Waals surface area contributed by atoms with E-state index in [4.69, 9.17) is 10.5 Å². The van der Waals surface area contributed by atoms with Crippen LogP contribution in [0.15, 0.2) is 67.3 Å². The Morgan fingerprint density at radius 2 is 1.96 bits per heavy atom. The second-order valence-corrected chi connectivity index (χ2v) is 5.99. The molecule has 7 nitrogen and oxygen atoms in total. The highest BCUT2D eigenvalue weighted by Gasteiger charge is 2.16. The summed E-state index contributed by atoms with van der Waals surface area (Å²) < 4.78 is 7.08. The number of aromatic nitrogens is 4. The zero-order valence-corrected chi connectivity index (χ0v) is 15.1. The molecule has 0 atom stereocenters. The van der Waals surface area contributed by atoms with E-state index in [1.54, 1.807) is 31.8 Å². The van der Waals surface area contributed by atoms with Gasteiger partial charge in [-0.2, -0.15) is 5.26 Å². The molecule has 0 aliphatic rings. The monoisotopic (exact) mass is 368 g/mol. The summed E-state index contributed by atoms with van der Waals surface area (Å²) in [6.07, 6.45) is 7.04. The number of nitrogen functional groups attached to an aromatic ring is 1. The van der Waals surface area contributed by atoms with Crippen LogP contribution in [0.25, 0.3) is 28.2 Å². The fourth-order valence-electron chi connectivity index (χ4n) is 3.01. The van der Waals surface area contributed by atoms with Gasteiger partial charge in [-0.3, -0.25) is 4.98 Å². The minimum Gasteiger partial charge on any atom is -0.481 e. The Labute approximate surface area is 161 Å². The zero-order valence-electron chi connectivity index (χ0n) is 15.1. The average molecular weight is 368 g/mol. The van der Waals surface area contributed by atoms with E-state index in [0.29, 0.717) is 22.7 Å². The summed E-state index contributed by atoms with van der Waals surface area (Å²) in [5.41, 5.74) is 10.3. The molecular formula is C21H16N6O. The van der Waals surface area contributed by atoms with E-state index in [-0.39, 0.29) is 5.82 Å². The van der Waals surface area contributed by atoms with Crippen molar-refractivity contribution >= 4 is 5.82 Å². The molecule has 28 heavy (non-hydrogen) atoms. The van der Waals surface area contributed by atoms with Crippen LogP contribution in [0.1, 0.15) is 5.56 Å². The molecule has 2 N–H and O–H groups in total. The van der Waals surface area contributed by atoms with Crippen LogP contribution in [0.3, 0.4) is 0 Å². The summed E-state index contributed by atoms with van der Waals surface area (Å²) in [6.45, 7) is 0.